The largest absolute Gasteiger partial charge is 0.366 e. The fourth-order valence-corrected chi connectivity index (χ4v) is 1.73. The van der Waals surface area contributed by atoms with E-state index in [0.29, 0.717) is 11.4 Å². The SMILES string of the molecule is NC(=O)C=CC(=O)Nc1ccccc1.NC(=O)C=CC(=O)Nc1ccccc1. The molecule has 144 valence electrons. The molecule has 8 nitrogen and oxygen atoms in total. The van der Waals surface area contributed by atoms with Crippen molar-refractivity contribution in [2.24, 2.45) is 11.5 Å². The van der Waals surface area contributed by atoms with E-state index in [1.807, 2.05) is 12.1 Å². The zero-order valence-electron chi connectivity index (χ0n) is 14.9. The van der Waals surface area contributed by atoms with Crippen molar-refractivity contribution >= 4 is 35.0 Å². The van der Waals surface area contributed by atoms with Gasteiger partial charge in [-0.25, -0.2) is 0 Å². The van der Waals surface area contributed by atoms with Crippen LogP contribution in [0.1, 0.15) is 0 Å². The smallest absolute Gasteiger partial charge is 0.248 e. The van der Waals surface area contributed by atoms with E-state index < -0.39 is 11.8 Å². The average molecular weight is 380 g/mol. The minimum Gasteiger partial charge on any atom is -0.366 e. The van der Waals surface area contributed by atoms with Crippen molar-refractivity contribution in [3.05, 3.63) is 85.0 Å². The summed E-state index contributed by atoms with van der Waals surface area (Å²) in [4.78, 5) is 42.8. The molecule has 0 atom stereocenters. The molecule has 0 radical (unpaired) electrons. The fraction of sp³-hybridized carbons (Fsp3) is 0. The lowest BCUT2D eigenvalue weighted by Crippen LogP contribution is -2.11. The summed E-state index contributed by atoms with van der Waals surface area (Å²) in [6.45, 7) is 0. The van der Waals surface area contributed by atoms with Crippen molar-refractivity contribution in [3.63, 3.8) is 0 Å². The van der Waals surface area contributed by atoms with E-state index in [9.17, 15) is 19.2 Å². The van der Waals surface area contributed by atoms with Crippen LogP contribution in [0.15, 0.2) is 85.0 Å². The number of carbonyl (C=O) groups is 4. The summed E-state index contributed by atoms with van der Waals surface area (Å²) in [6.07, 6.45) is 4.21. The maximum Gasteiger partial charge on any atom is 0.248 e. The molecular formula is C20H20N4O4. The number of benzene rings is 2. The van der Waals surface area contributed by atoms with Crippen LogP contribution < -0.4 is 22.1 Å². The highest BCUT2D eigenvalue weighted by Crippen LogP contribution is 2.05. The average Bonchev–Trinajstić information content (AvgIpc) is 2.67. The molecule has 0 aliphatic rings. The number of nitrogens with two attached hydrogens (primary N) is 2. The Labute approximate surface area is 161 Å². The fourth-order valence-electron chi connectivity index (χ4n) is 1.73. The number of para-hydroxylation sites is 2. The Morgan fingerprint density at radius 2 is 0.893 bits per heavy atom. The Bertz CT molecular complexity index is 789. The Morgan fingerprint density at radius 3 is 1.18 bits per heavy atom. The van der Waals surface area contributed by atoms with Gasteiger partial charge in [0.25, 0.3) is 0 Å². The molecule has 0 unspecified atom stereocenters. The second-order valence-electron chi connectivity index (χ2n) is 5.18. The van der Waals surface area contributed by atoms with E-state index in [0.717, 1.165) is 24.3 Å². The number of rotatable bonds is 6. The molecule has 2 rings (SSSR count). The van der Waals surface area contributed by atoms with Crippen LogP contribution in [0, 0.1) is 0 Å². The van der Waals surface area contributed by atoms with Crippen LogP contribution in [0.5, 0.6) is 0 Å². The van der Waals surface area contributed by atoms with E-state index in [1.54, 1.807) is 48.5 Å². The van der Waals surface area contributed by atoms with Gasteiger partial charge < -0.3 is 22.1 Å². The second-order valence-corrected chi connectivity index (χ2v) is 5.18. The molecule has 0 saturated heterocycles. The number of carbonyl (C=O) groups excluding carboxylic acids is 4. The van der Waals surface area contributed by atoms with Gasteiger partial charge in [0.2, 0.25) is 23.6 Å². The van der Waals surface area contributed by atoms with Crippen molar-refractivity contribution in [1.29, 1.82) is 0 Å². The van der Waals surface area contributed by atoms with Gasteiger partial charge >= 0.3 is 0 Å². The molecule has 0 bridgehead atoms. The van der Waals surface area contributed by atoms with Crippen molar-refractivity contribution in [3.8, 4) is 0 Å². The summed E-state index contributed by atoms with van der Waals surface area (Å²) in [6, 6.07) is 17.9. The number of nitrogens with one attached hydrogen (secondary N) is 2. The zero-order chi connectivity index (χ0) is 20.8. The van der Waals surface area contributed by atoms with Crippen LogP contribution >= 0.6 is 0 Å². The number of hydrogen-bond donors (Lipinski definition) is 4. The molecule has 0 saturated carbocycles. The third kappa shape index (κ3) is 10.6. The molecule has 0 fully saturated rings. The summed E-state index contributed by atoms with van der Waals surface area (Å²) < 4.78 is 0. The molecule has 2 aromatic carbocycles. The monoisotopic (exact) mass is 380 g/mol. The minimum atomic E-state index is -0.645. The number of primary amides is 2. The Morgan fingerprint density at radius 1 is 0.571 bits per heavy atom. The predicted molar refractivity (Wildman–Crippen MR) is 107 cm³/mol. The van der Waals surface area contributed by atoms with E-state index >= 15 is 0 Å². The molecule has 6 N–H and O–H groups in total. The van der Waals surface area contributed by atoms with Gasteiger partial charge in [-0.15, -0.1) is 0 Å². The van der Waals surface area contributed by atoms with E-state index in [-0.39, 0.29) is 11.8 Å². The van der Waals surface area contributed by atoms with Crippen molar-refractivity contribution in [1.82, 2.24) is 0 Å². The molecule has 0 aliphatic carbocycles. The van der Waals surface area contributed by atoms with Crippen molar-refractivity contribution < 1.29 is 19.2 Å². The van der Waals surface area contributed by atoms with Crippen LogP contribution in [0.25, 0.3) is 0 Å². The first-order valence-electron chi connectivity index (χ1n) is 8.04. The van der Waals surface area contributed by atoms with Gasteiger partial charge in [0.15, 0.2) is 0 Å². The topological polar surface area (TPSA) is 144 Å². The van der Waals surface area contributed by atoms with E-state index in [1.165, 1.54) is 0 Å². The van der Waals surface area contributed by atoms with E-state index in [4.69, 9.17) is 11.5 Å². The van der Waals surface area contributed by atoms with Gasteiger partial charge in [0.1, 0.15) is 0 Å². The van der Waals surface area contributed by atoms with Gasteiger partial charge in [-0.1, -0.05) is 36.4 Å². The third-order valence-corrected chi connectivity index (χ3v) is 2.88. The van der Waals surface area contributed by atoms with Crippen LogP contribution in [0.3, 0.4) is 0 Å². The highest BCUT2D eigenvalue weighted by atomic mass is 16.2. The highest BCUT2D eigenvalue weighted by Gasteiger charge is 1.97. The molecule has 0 aliphatic heterocycles. The second kappa shape index (κ2) is 12.2. The predicted octanol–water partition coefficient (Wildman–Crippen LogP) is 1.33. The normalized spacial score (nSPS) is 10.0. The first-order valence-corrected chi connectivity index (χ1v) is 8.04. The third-order valence-electron chi connectivity index (χ3n) is 2.88. The van der Waals surface area contributed by atoms with Crippen molar-refractivity contribution in [2.45, 2.75) is 0 Å². The summed E-state index contributed by atoms with van der Waals surface area (Å²) in [5.41, 5.74) is 11.0. The van der Waals surface area contributed by atoms with E-state index in [2.05, 4.69) is 10.6 Å². The van der Waals surface area contributed by atoms with Crippen molar-refractivity contribution in [2.75, 3.05) is 10.6 Å². The van der Waals surface area contributed by atoms with Gasteiger partial charge in [-0.3, -0.25) is 19.2 Å². The lowest BCUT2D eigenvalue weighted by molar-refractivity contribution is -0.115. The zero-order valence-corrected chi connectivity index (χ0v) is 14.9. The molecule has 8 heteroatoms. The minimum absolute atomic E-state index is 0.380. The van der Waals surface area contributed by atoms with Gasteiger partial charge in [0.05, 0.1) is 0 Å². The molecular weight excluding hydrogens is 360 g/mol. The van der Waals surface area contributed by atoms with Gasteiger partial charge in [0, 0.05) is 35.7 Å². The lowest BCUT2D eigenvalue weighted by atomic mass is 10.3. The highest BCUT2D eigenvalue weighted by molar-refractivity contribution is 6.03. The standard InChI is InChI=1S/2C10H10N2O2/c2*11-9(13)6-7-10(14)12-8-4-2-1-3-5-8/h2*1-7H,(H2,11,13)(H,12,14). The maximum absolute atomic E-state index is 11.1. The molecule has 2 aromatic rings. The summed E-state index contributed by atoms with van der Waals surface area (Å²) in [5, 5.41) is 5.13. The first-order chi connectivity index (χ1) is 13.4. The number of amides is 4. The summed E-state index contributed by atoms with van der Waals surface area (Å²) in [7, 11) is 0. The van der Waals surface area contributed by atoms with Crippen LogP contribution in [0.4, 0.5) is 11.4 Å². The lowest BCUT2D eigenvalue weighted by Gasteiger charge is -1.99. The molecule has 0 heterocycles. The Kier molecular flexibility index (Phi) is 9.52. The van der Waals surface area contributed by atoms with Crippen LogP contribution in [0.2, 0.25) is 0 Å². The molecule has 28 heavy (non-hydrogen) atoms. The van der Waals surface area contributed by atoms with Gasteiger partial charge in [-0.2, -0.15) is 0 Å². The molecule has 0 aromatic heterocycles. The quantitative estimate of drug-likeness (QED) is 0.560. The Balaban J connectivity index is 0.000000280. The number of hydrogen-bond acceptors (Lipinski definition) is 4. The molecule has 0 spiro atoms. The number of anilines is 2. The van der Waals surface area contributed by atoms with Gasteiger partial charge in [-0.05, 0) is 24.3 Å². The summed E-state index contributed by atoms with van der Waals surface area (Å²) >= 11 is 0. The summed E-state index contributed by atoms with van der Waals surface area (Å²) in [5.74, 6) is -2.05. The first kappa shape index (κ1) is 21.8. The van der Waals surface area contributed by atoms with Crippen LogP contribution in [-0.4, -0.2) is 23.6 Å². The maximum atomic E-state index is 11.1. The Hall–Kier alpha value is -4.20. The molecule has 4 amide bonds. The van der Waals surface area contributed by atoms with Crippen LogP contribution in [-0.2, 0) is 19.2 Å².